The number of hydrogen-bond acceptors (Lipinski definition) is 5. The summed E-state index contributed by atoms with van der Waals surface area (Å²) in [6.45, 7) is 0. The number of benzene rings is 2. The van der Waals surface area contributed by atoms with Gasteiger partial charge in [-0.2, -0.15) is 0 Å². The molecule has 30 heavy (non-hydrogen) atoms. The van der Waals surface area contributed by atoms with E-state index in [1.807, 2.05) is 0 Å². The van der Waals surface area contributed by atoms with E-state index in [0.29, 0.717) is 0 Å². The van der Waals surface area contributed by atoms with Gasteiger partial charge in [-0.05, 0) is 49.2 Å². The fourth-order valence-electron chi connectivity index (χ4n) is 4.04. The summed E-state index contributed by atoms with van der Waals surface area (Å²) in [5.74, 6) is -2.89. The second-order valence-electron chi connectivity index (χ2n) is 7.52. The first-order valence-corrected chi connectivity index (χ1v) is 9.76. The van der Waals surface area contributed by atoms with Gasteiger partial charge in [-0.1, -0.05) is 19.3 Å². The number of hydrogen-bond donors (Lipinski definition) is 3. The number of carboxylic acids is 1. The third-order valence-corrected chi connectivity index (χ3v) is 5.61. The van der Waals surface area contributed by atoms with Gasteiger partial charge in [-0.25, -0.2) is 4.79 Å². The number of aromatic hydroxyl groups is 1. The fourth-order valence-corrected chi connectivity index (χ4v) is 4.04. The molecule has 2 aliphatic rings. The Labute approximate surface area is 172 Å². The number of nitrogens with one attached hydrogen (secondary N) is 1. The van der Waals surface area contributed by atoms with Gasteiger partial charge in [0, 0.05) is 11.6 Å². The van der Waals surface area contributed by atoms with Crippen LogP contribution in [0.2, 0.25) is 0 Å². The van der Waals surface area contributed by atoms with E-state index in [2.05, 4.69) is 5.32 Å². The molecule has 8 heteroatoms. The van der Waals surface area contributed by atoms with Crippen LogP contribution in [0.4, 0.5) is 5.69 Å². The maximum atomic E-state index is 12.9. The van der Waals surface area contributed by atoms with E-state index in [9.17, 15) is 24.3 Å². The summed E-state index contributed by atoms with van der Waals surface area (Å²) in [6, 6.07) is 7.77. The highest BCUT2D eigenvalue weighted by Crippen LogP contribution is 2.32. The molecule has 0 unspecified atom stereocenters. The van der Waals surface area contributed by atoms with E-state index in [4.69, 9.17) is 5.11 Å². The smallest absolute Gasteiger partial charge is 0.335 e. The summed E-state index contributed by atoms with van der Waals surface area (Å²) in [6.07, 6.45) is 4.66. The topological polar surface area (TPSA) is 124 Å². The molecule has 3 N–H and O–H groups in total. The molecule has 2 aromatic carbocycles. The minimum atomic E-state index is -1.20. The van der Waals surface area contributed by atoms with Gasteiger partial charge in [0.1, 0.15) is 5.75 Å². The van der Waals surface area contributed by atoms with Crippen molar-refractivity contribution in [2.75, 3.05) is 5.32 Å². The molecule has 8 nitrogen and oxygen atoms in total. The van der Waals surface area contributed by atoms with E-state index in [1.165, 1.54) is 35.2 Å². The number of imide groups is 1. The summed E-state index contributed by atoms with van der Waals surface area (Å²) in [5.41, 5.74) is 0.563. The second-order valence-corrected chi connectivity index (χ2v) is 7.52. The number of phenols is 1. The molecule has 1 aliphatic carbocycles. The largest absolute Gasteiger partial charge is 0.506 e. The predicted octanol–water partition coefficient (Wildman–Crippen LogP) is 3.27. The van der Waals surface area contributed by atoms with Gasteiger partial charge in [-0.15, -0.1) is 0 Å². The van der Waals surface area contributed by atoms with Gasteiger partial charge in [0.25, 0.3) is 17.7 Å². The maximum absolute atomic E-state index is 12.9. The van der Waals surface area contributed by atoms with E-state index in [0.717, 1.165) is 38.2 Å². The van der Waals surface area contributed by atoms with Gasteiger partial charge in [0.15, 0.2) is 0 Å². The summed E-state index contributed by atoms with van der Waals surface area (Å²) in [4.78, 5) is 50.5. The average Bonchev–Trinajstić information content (AvgIpc) is 2.99. The van der Waals surface area contributed by atoms with Crippen LogP contribution in [0.25, 0.3) is 0 Å². The highest BCUT2D eigenvalue weighted by atomic mass is 16.4. The van der Waals surface area contributed by atoms with Gasteiger partial charge >= 0.3 is 5.97 Å². The van der Waals surface area contributed by atoms with Crippen molar-refractivity contribution in [1.82, 2.24) is 4.90 Å². The zero-order valence-electron chi connectivity index (χ0n) is 16.1. The Morgan fingerprint density at radius 2 is 1.57 bits per heavy atom. The Bertz CT molecular complexity index is 1070. The standard InChI is InChI=1S/C22H20N2O6/c25-18-11-13(22(29)30)7-9-17(18)23-19(26)12-6-8-15-16(10-12)21(28)24(20(15)27)14-4-2-1-3-5-14/h6-11,14,25H,1-5H2,(H,23,26)(H,29,30). The molecular weight excluding hydrogens is 388 g/mol. The van der Waals surface area contributed by atoms with E-state index >= 15 is 0 Å². The van der Waals surface area contributed by atoms with Crippen LogP contribution in [0.1, 0.15) is 73.5 Å². The number of aromatic carboxylic acids is 1. The molecule has 1 saturated carbocycles. The number of carboxylic acid groups (broad SMARTS) is 1. The van der Waals surface area contributed by atoms with Crippen LogP contribution in [0.15, 0.2) is 36.4 Å². The zero-order chi connectivity index (χ0) is 21.4. The quantitative estimate of drug-likeness (QED) is 0.527. The molecule has 1 heterocycles. The van der Waals surface area contributed by atoms with Crippen molar-refractivity contribution in [3.05, 3.63) is 58.7 Å². The third-order valence-electron chi connectivity index (χ3n) is 5.61. The molecular formula is C22H20N2O6. The lowest BCUT2D eigenvalue weighted by Crippen LogP contribution is -2.40. The van der Waals surface area contributed by atoms with Crippen molar-refractivity contribution < 1.29 is 29.4 Å². The Hall–Kier alpha value is -3.68. The lowest BCUT2D eigenvalue weighted by molar-refractivity contribution is 0.0547. The second kappa shape index (κ2) is 7.62. The van der Waals surface area contributed by atoms with Gasteiger partial charge < -0.3 is 15.5 Å². The number of fused-ring (bicyclic) bond motifs is 1. The fraction of sp³-hybridized carbons (Fsp3) is 0.273. The number of amides is 3. The molecule has 0 bridgehead atoms. The summed E-state index contributed by atoms with van der Waals surface area (Å²) in [7, 11) is 0. The highest BCUT2D eigenvalue weighted by Gasteiger charge is 2.40. The Morgan fingerprint density at radius 1 is 0.900 bits per heavy atom. The maximum Gasteiger partial charge on any atom is 0.335 e. The normalized spacial score (nSPS) is 16.5. The zero-order valence-corrected chi connectivity index (χ0v) is 16.1. The minimum Gasteiger partial charge on any atom is -0.506 e. The van der Waals surface area contributed by atoms with Crippen molar-refractivity contribution >= 4 is 29.4 Å². The molecule has 0 aromatic heterocycles. The van der Waals surface area contributed by atoms with Crippen molar-refractivity contribution in [3.8, 4) is 5.75 Å². The molecule has 0 radical (unpaired) electrons. The number of carbonyl (C=O) groups excluding carboxylic acids is 3. The predicted molar refractivity (Wildman–Crippen MR) is 107 cm³/mol. The van der Waals surface area contributed by atoms with Crippen LogP contribution in [-0.4, -0.2) is 44.8 Å². The molecule has 0 atom stereocenters. The number of rotatable bonds is 4. The monoisotopic (exact) mass is 408 g/mol. The average molecular weight is 408 g/mol. The molecule has 2 aromatic rings. The number of anilines is 1. The van der Waals surface area contributed by atoms with Crippen LogP contribution >= 0.6 is 0 Å². The summed E-state index contributed by atoms with van der Waals surface area (Å²) in [5, 5.41) is 21.4. The van der Waals surface area contributed by atoms with E-state index < -0.39 is 11.9 Å². The van der Waals surface area contributed by atoms with Gasteiger partial charge in [0.05, 0.1) is 22.4 Å². The molecule has 3 amide bonds. The summed E-state index contributed by atoms with van der Waals surface area (Å²) < 4.78 is 0. The molecule has 1 fully saturated rings. The first kappa shape index (κ1) is 19.6. The van der Waals surface area contributed by atoms with Crippen LogP contribution in [0, 0.1) is 0 Å². The third kappa shape index (κ3) is 3.41. The first-order valence-electron chi connectivity index (χ1n) is 9.76. The lowest BCUT2D eigenvalue weighted by atomic mass is 9.94. The molecule has 154 valence electrons. The van der Waals surface area contributed by atoms with E-state index in [-0.39, 0.29) is 51.5 Å². The SMILES string of the molecule is O=C(O)c1ccc(NC(=O)c2ccc3c(c2)C(=O)N(C2CCCCC2)C3=O)c(O)c1. The van der Waals surface area contributed by atoms with Gasteiger partial charge in [-0.3, -0.25) is 19.3 Å². The van der Waals surface area contributed by atoms with Crippen molar-refractivity contribution in [1.29, 1.82) is 0 Å². The summed E-state index contributed by atoms with van der Waals surface area (Å²) >= 11 is 0. The van der Waals surface area contributed by atoms with Crippen LogP contribution in [0.5, 0.6) is 5.75 Å². The number of carbonyl (C=O) groups is 4. The van der Waals surface area contributed by atoms with Crippen molar-refractivity contribution in [2.45, 2.75) is 38.1 Å². The molecule has 0 saturated heterocycles. The molecule has 0 spiro atoms. The van der Waals surface area contributed by atoms with Gasteiger partial charge in [0.2, 0.25) is 0 Å². The van der Waals surface area contributed by atoms with E-state index in [1.54, 1.807) is 0 Å². The highest BCUT2D eigenvalue weighted by molar-refractivity contribution is 6.22. The Balaban J connectivity index is 1.56. The number of phenolic OH excluding ortho intramolecular Hbond substituents is 1. The minimum absolute atomic E-state index is 0.0386. The number of nitrogens with zero attached hydrogens (tertiary/aromatic N) is 1. The van der Waals surface area contributed by atoms with Crippen LogP contribution in [0.3, 0.4) is 0 Å². The van der Waals surface area contributed by atoms with Crippen molar-refractivity contribution in [3.63, 3.8) is 0 Å². The van der Waals surface area contributed by atoms with Crippen LogP contribution < -0.4 is 5.32 Å². The van der Waals surface area contributed by atoms with Crippen LogP contribution in [-0.2, 0) is 0 Å². The lowest BCUT2D eigenvalue weighted by Gasteiger charge is -2.29. The molecule has 4 rings (SSSR count). The Morgan fingerprint density at radius 3 is 2.23 bits per heavy atom. The van der Waals surface area contributed by atoms with Crippen molar-refractivity contribution in [2.24, 2.45) is 0 Å². The Kier molecular flexibility index (Phi) is 4.99. The first-order chi connectivity index (χ1) is 14.4. The molecule has 1 aliphatic heterocycles.